The van der Waals surface area contributed by atoms with E-state index in [2.05, 4.69) is 15.6 Å². The number of guanidine groups is 1. The van der Waals surface area contributed by atoms with Gasteiger partial charge in [-0.3, -0.25) is 0 Å². The van der Waals surface area contributed by atoms with Gasteiger partial charge in [0.25, 0.3) is 0 Å². The van der Waals surface area contributed by atoms with E-state index in [0.29, 0.717) is 42.7 Å². The molecule has 0 heterocycles. The number of aliphatic hydroxyl groups excluding tert-OH is 1. The fraction of sp³-hybridized carbons (Fsp3) is 0.409. The maximum atomic E-state index is 10.7. The third-order valence-electron chi connectivity index (χ3n) is 4.28. The SMILES string of the molecule is CCNC(=NCc1ccccc1OCC)NCC(O)c1cc(OC)ccc1OC. The van der Waals surface area contributed by atoms with Gasteiger partial charge in [0.15, 0.2) is 5.96 Å². The number of rotatable bonds is 10. The molecule has 0 bridgehead atoms. The van der Waals surface area contributed by atoms with Crippen molar-refractivity contribution in [3.63, 3.8) is 0 Å². The van der Waals surface area contributed by atoms with Gasteiger partial charge in [-0.05, 0) is 38.1 Å². The zero-order valence-corrected chi connectivity index (χ0v) is 17.6. The summed E-state index contributed by atoms with van der Waals surface area (Å²) in [5, 5.41) is 17.0. The minimum Gasteiger partial charge on any atom is -0.497 e. The van der Waals surface area contributed by atoms with E-state index in [1.165, 1.54) is 0 Å². The van der Waals surface area contributed by atoms with Gasteiger partial charge in [0.05, 0.1) is 33.5 Å². The van der Waals surface area contributed by atoms with Gasteiger partial charge >= 0.3 is 0 Å². The van der Waals surface area contributed by atoms with E-state index in [0.717, 1.165) is 11.3 Å². The molecule has 0 amide bonds. The molecule has 1 atom stereocenters. The Morgan fingerprint density at radius 3 is 2.52 bits per heavy atom. The number of ether oxygens (including phenoxy) is 3. The normalized spacial score (nSPS) is 12.2. The predicted octanol–water partition coefficient (Wildman–Crippen LogP) is 2.89. The summed E-state index contributed by atoms with van der Waals surface area (Å²) in [6.07, 6.45) is -0.792. The van der Waals surface area contributed by atoms with Crippen LogP contribution in [0.3, 0.4) is 0 Å². The van der Waals surface area contributed by atoms with Crippen molar-refractivity contribution in [2.75, 3.05) is 33.9 Å². The minimum atomic E-state index is -0.792. The number of para-hydroxylation sites is 1. The molecule has 0 radical (unpaired) electrons. The van der Waals surface area contributed by atoms with Crippen LogP contribution >= 0.6 is 0 Å². The molecule has 0 fully saturated rings. The average Bonchev–Trinajstić information content (AvgIpc) is 2.76. The van der Waals surface area contributed by atoms with Gasteiger partial charge < -0.3 is 30.0 Å². The van der Waals surface area contributed by atoms with E-state index in [1.54, 1.807) is 32.4 Å². The molecule has 0 saturated carbocycles. The van der Waals surface area contributed by atoms with E-state index >= 15 is 0 Å². The van der Waals surface area contributed by atoms with Crippen molar-refractivity contribution in [2.24, 2.45) is 4.99 Å². The molecule has 2 aromatic carbocycles. The summed E-state index contributed by atoms with van der Waals surface area (Å²) in [4.78, 5) is 4.62. The summed E-state index contributed by atoms with van der Waals surface area (Å²) < 4.78 is 16.3. The molecule has 158 valence electrons. The van der Waals surface area contributed by atoms with Crippen LogP contribution in [-0.4, -0.2) is 45.0 Å². The number of aliphatic hydroxyl groups is 1. The lowest BCUT2D eigenvalue weighted by molar-refractivity contribution is 0.176. The molecule has 0 aliphatic carbocycles. The number of aliphatic imine (C=N–C) groups is 1. The molecule has 0 aliphatic rings. The standard InChI is InChI=1S/C22H31N3O4/c1-5-23-22(24-14-16-9-7-8-10-20(16)29-6-2)25-15-19(26)18-13-17(27-3)11-12-21(18)28-4/h7-13,19,26H,5-6,14-15H2,1-4H3,(H2,23,24,25). The third-order valence-corrected chi connectivity index (χ3v) is 4.28. The Hall–Kier alpha value is -2.93. The largest absolute Gasteiger partial charge is 0.497 e. The minimum absolute atomic E-state index is 0.266. The van der Waals surface area contributed by atoms with Crippen LogP contribution in [0.15, 0.2) is 47.5 Å². The topological polar surface area (TPSA) is 84.3 Å². The first-order chi connectivity index (χ1) is 14.1. The van der Waals surface area contributed by atoms with Crippen LogP contribution in [0.2, 0.25) is 0 Å². The van der Waals surface area contributed by atoms with Gasteiger partial charge in [0.1, 0.15) is 17.2 Å². The molecular weight excluding hydrogens is 370 g/mol. The highest BCUT2D eigenvalue weighted by Crippen LogP contribution is 2.29. The van der Waals surface area contributed by atoms with Gasteiger partial charge in [-0.15, -0.1) is 0 Å². The number of nitrogens with zero attached hydrogens (tertiary/aromatic N) is 1. The fourth-order valence-corrected chi connectivity index (χ4v) is 2.84. The maximum absolute atomic E-state index is 10.7. The fourth-order valence-electron chi connectivity index (χ4n) is 2.84. The first-order valence-corrected chi connectivity index (χ1v) is 9.75. The second-order valence-corrected chi connectivity index (χ2v) is 6.24. The summed E-state index contributed by atoms with van der Waals surface area (Å²) >= 11 is 0. The van der Waals surface area contributed by atoms with Crippen LogP contribution in [0.1, 0.15) is 31.1 Å². The molecule has 2 rings (SSSR count). The number of hydrogen-bond donors (Lipinski definition) is 3. The first-order valence-electron chi connectivity index (χ1n) is 9.75. The third kappa shape index (κ3) is 6.57. The molecule has 0 aromatic heterocycles. The molecule has 7 nitrogen and oxygen atoms in total. The van der Waals surface area contributed by atoms with Crippen LogP contribution in [0.5, 0.6) is 17.2 Å². The summed E-state index contributed by atoms with van der Waals surface area (Å²) in [6, 6.07) is 13.2. The Bertz CT molecular complexity index is 795. The second kappa shape index (κ2) is 11.8. The monoisotopic (exact) mass is 401 g/mol. The smallest absolute Gasteiger partial charge is 0.191 e. The quantitative estimate of drug-likeness (QED) is 0.419. The molecule has 0 aliphatic heterocycles. The van der Waals surface area contributed by atoms with Crippen molar-refractivity contribution in [2.45, 2.75) is 26.5 Å². The number of nitrogens with one attached hydrogen (secondary N) is 2. The van der Waals surface area contributed by atoms with Gasteiger partial charge in [-0.2, -0.15) is 0 Å². The van der Waals surface area contributed by atoms with Crippen molar-refractivity contribution < 1.29 is 19.3 Å². The molecule has 0 spiro atoms. The van der Waals surface area contributed by atoms with E-state index in [-0.39, 0.29) is 6.54 Å². The summed E-state index contributed by atoms with van der Waals surface area (Å²) in [5.74, 6) is 2.70. The Morgan fingerprint density at radius 2 is 1.83 bits per heavy atom. The van der Waals surface area contributed by atoms with Gasteiger partial charge in [-0.1, -0.05) is 18.2 Å². The Kier molecular flexibility index (Phi) is 9.11. The highest BCUT2D eigenvalue weighted by atomic mass is 16.5. The van der Waals surface area contributed by atoms with Crippen molar-refractivity contribution >= 4 is 5.96 Å². The van der Waals surface area contributed by atoms with E-state index in [1.807, 2.05) is 38.1 Å². The summed E-state index contributed by atoms with van der Waals surface area (Å²) in [7, 11) is 3.17. The van der Waals surface area contributed by atoms with Crippen molar-refractivity contribution in [3.05, 3.63) is 53.6 Å². The lowest BCUT2D eigenvalue weighted by atomic mass is 10.1. The van der Waals surface area contributed by atoms with Crippen molar-refractivity contribution in [1.82, 2.24) is 10.6 Å². The second-order valence-electron chi connectivity index (χ2n) is 6.24. The predicted molar refractivity (Wildman–Crippen MR) is 115 cm³/mol. The lowest BCUT2D eigenvalue weighted by Gasteiger charge is -2.18. The number of methoxy groups -OCH3 is 2. The van der Waals surface area contributed by atoms with E-state index in [4.69, 9.17) is 14.2 Å². The van der Waals surface area contributed by atoms with Crippen LogP contribution in [0.4, 0.5) is 0 Å². The molecule has 0 saturated heterocycles. The highest BCUT2D eigenvalue weighted by molar-refractivity contribution is 5.79. The van der Waals surface area contributed by atoms with Crippen LogP contribution in [0.25, 0.3) is 0 Å². The Balaban J connectivity index is 2.08. The zero-order valence-electron chi connectivity index (χ0n) is 17.6. The van der Waals surface area contributed by atoms with E-state index in [9.17, 15) is 5.11 Å². The highest BCUT2D eigenvalue weighted by Gasteiger charge is 2.15. The number of hydrogen-bond acceptors (Lipinski definition) is 5. The van der Waals surface area contributed by atoms with Crippen molar-refractivity contribution in [1.29, 1.82) is 0 Å². The van der Waals surface area contributed by atoms with Gasteiger partial charge in [0.2, 0.25) is 0 Å². The van der Waals surface area contributed by atoms with Gasteiger partial charge in [-0.25, -0.2) is 4.99 Å². The first kappa shape index (κ1) is 22.4. The summed E-state index contributed by atoms with van der Waals surface area (Å²) in [5.41, 5.74) is 1.65. The van der Waals surface area contributed by atoms with E-state index < -0.39 is 6.10 Å². The lowest BCUT2D eigenvalue weighted by Crippen LogP contribution is -2.39. The maximum Gasteiger partial charge on any atom is 0.191 e. The number of benzene rings is 2. The zero-order chi connectivity index (χ0) is 21.1. The van der Waals surface area contributed by atoms with Crippen LogP contribution in [-0.2, 0) is 6.54 Å². The van der Waals surface area contributed by atoms with Crippen LogP contribution < -0.4 is 24.8 Å². The Morgan fingerprint density at radius 1 is 1.03 bits per heavy atom. The van der Waals surface area contributed by atoms with Gasteiger partial charge in [0, 0.05) is 24.2 Å². The molecule has 1 unspecified atom stereocenters. The summed E-state index contributed by atoms with van der Waals surface area (Å²) in [6.45, 7) is 5.99. The van der Waals surface area contributed by atoms with Crippen LogP contribution in [0, 0.1) is 0 Å². The molecule has 2 aromatic rings. The molecule has 3 N–H and O–H groups in total. The molecule has 7 heteroatoms. The molecule has 29 heavy (non-hydrogen) atoms. The van der Waals surface area contributed by atoms with Crippen molar-refractivity contribution in [3.8, 4) is 17.2 Å². The average molecular weight is 402 g/mol. The Labute approximate surface area is 172 Å². The molecular formula is C22H31N3O4.